The first-order chi connectivity index (χ1) is 9.40. The van der Waals surface area contributed by atoms with Crippen molar-refractivity contribution < 1.29 is 9.84 Å². The van der Waals surface area contributed by atoms with Crippen molar-refractivity contribution in [3.63, 3.8) is 0 Å². The van der Waals surface area contributed by atoms with E-state index in [9.17, 15) is 5.11 Å². The van der Waals surface area contributed by atoms with E-state index in [-0.39, 0.29) is 0 Å². The highest BCUT2D eigenvalue weighted by Gasteiger charge is 2.31. The van der Waals surface area contributed by atoms with E-state index >= 15 is 0 Å². The molecule has 0 aromatic rings. The highest BCUT2D eigenvalue weighted by atomic mass is 16.5. The van der Waals surface area contributed by atoms with Crippen LogP contribution in [0.15, 0.2) is 0 Å². The predicted octanol–water partition coefficient (Wildman–Crippen LogP) is 3.07. The van der Waals surface area contributed by atoms with Gasteiger partial charge in [-0.25, -0.2) is 0 Å². The van der Waals surface area contributed by atoms with Gasteiger partial charge >= 0.3 is 0 Å². The van der Waals surface area contributed by atoms with Crippen LogP contribution < -0.4 is 5.32 Å². The summed E-state index contributed by atoms with van der Waals surface area (Å²) in [5.41, 5.74) is 0. The Morgan fingerprint density at radius 1 is 1.15 bits per heavy atom. The van der Waals surface area contributed by atoms with Crippen molar-refractivity contribution in [1.82, 2.24) is 5.32 Å². The van der Waals surface area contributed by atoms with Crippen LogP contribution in [0.3, 0.4) is 0 Å². The quantitative estimate of drug-likeness (QED) is 0.720. The molecule has 0 aromatic heterocycles. The Morgan fingerprint density at radius 3 is 2.45 bits per heavy atom. The SMILES string of the molecule is CC(C)CNCC(O)COC1CC(C)CCC1C(C)C. The Morgan fingerprint density at radius 2 is 1.85 bits per heavy atom. The first kappa shape index (κ1) is 17.9. The summed E-state index contributed by atoms with van der Waals surface area (Å²) >= 11 is 0. The van der Waals surface area contributed by atoms with Gasteiger partial charge in [0, 0.05) is 6.54 Å². The van der Waals surface area contributed by atoms with Gasteiger partial charge in [0.15, 0.2) is 0 Å². The molecule has 0 aliphatic heterocycles. The number of aliphatic hydroxyl groups excluding tert-OH is 1. The summed E-state index contributed by atoms with van der Waals surface area (Å²) in [7, 11) is 0. The average molecular weight is 285 g/mol. The van der Waals surface area contributed by atoms with Gasteiger partial charge in [-0.1, -0.05) is 41.0 Å². The van der Waals surface area contributed by atoms with E-state index < -0.39 is 6.10 Å². The highest BCUT2D eigenvalue weighted by Crippen LogP contribution is 2.35. The maximum atomic E-state index is 10.00. The van der Waals surface area contributed by atoms with Crippen LogP contribution in [0.5, 0.6) is 0 Å². The number of nitrogens with one attached hydrogen (secondary N) is 1. The van der Waals surface area contributed by atoms with Crippen LogP contribution in [-0.2, 0) is 4.74 Å². The second-order valence-electron chi connectivity index (χ2n) is 7.40. The van der Waals surface area contributed by atoms with Crippen LogP contribution in [0.4, 0.5) is 0 Å². The summed E-state index contributed by atoms with van der Waals surface area (Å²) in [6, 6.07) is 0. The molecule has 1 fully saturated rings. The predicted molar refractivity (Wildman–Crippen MR) is 84.8 cm³/mol. The molecule has 0 radical (unpaired) electrons. The lowest BCUT2D eigenvalue weighted by Gasteiger charge is -2.37. The van der Waals surface area contributed by atoms with E-state index in [2.05, 4.69) is 39.9 Å². The molecule has 0 aromatic carbocycles. The molecule has 3 heteroatoms. The molecule has 0 spiro atoms. The van der Waals surface area contributed by atoms with Crippen molar-refractivity contribution >= 4 is 0 Å². The third kappa shape index (κ3) is 6.55. The van der Waals surface area contributed by atoms with Crippen LogP contribution in [0.2, 0.25) is 0 Å². The molecule has 1 rings (SSSR count). The maximum absolute atomic E-state index is 10.00. The molecule has 4 atom stereocenters. The van der Waals surface area contributed by atoms with Gasteiger partial charge in [-0.3, -0.25) is 0 Å². The fourth-order valence-electron chi connectivity index (χ4n) is 3.14. The van der Waals surface area contributed by atoms with Gasteiger partial charge in [0.1, 0.15) is 0 Å². The lowest BCUT2D eigenvalue weighted by atomic mass is 9.75. The normalized spacial score (nSPS) is 29.1. The molecule has 0 amide bonds. The van der Waals surface area contributed by atoms with Gasteiger partial charge in [0.05, 0.1) is 18.8 Å². The zero-order valence-electron chi connectivity index (χ0n) is 14.1. The molecule has 2 N–H and O–H groups in total. The third-order valence-corrected chi connectivity index (χ3v) is 4.40. The van der Waals surface area contributed by atoms with Crippen LogP contribution in [0.1, 0.15) is 53.9 Å². The van der Waals surface area contributed by atoms with E-state index in [1.165, 1.54) is 12.8 Å². The molecule has 120 valence electrons. The molecule has 1 aliphatic rings. The largest absolute Gasteiger partial charge is 0.389 e. The van der Waals surface area contributed by atoms with E-state index in [4.69, 9.17) is 4.74 Å². The van der Waals surface area contributed by atoms with Crippen LogP contribution in [0.25, 0.3) is 0 Å². The number of aliphatic hydroxyl groups is 1. The maximum Gasteiger partial charge on any atom is 0.0897 e. The van der Waals surface area contributed by atoms with Gasteiger partial charge in [-0.05, 0) is 43.1 Å². The lowest BCUT2D eigenvalue weighted by molar-refractivity contribution is -0.0683. The summed E-state index contributed by atoms with van der Waals surface area (Å²) in [5.74, 6) is 2.70. The number of hydrogen-bond donors (Lipinski definition) is 2. The standard InChI is InChI=1S/C17H35NO2/c1-12(2)9-18-10-15(19)11-20-17-8-14(5)6-7-16(17)13(3)4/h12-19H,6-11H2,1-5H3. The third-order valence-electron chi connectivity index (χ3n) is 4.40. The Balaban J connectivity index is 2.29. The summed E-state index contributed by atoms with van der Waals surface area (Å²) < 4.78 is 6.06. The van der Waals surface area contributed by atoms with Crippen molar-refractivity contribution in [2.75, 3.05) is 19.7 Å². The zero-order valence-corrected chi connectivity index (χ0v) is 14.1. The molecule has 20 heavy (non-hydrogen) atoms. The molecular weight excluding hydrogens is 250 g/mol. The number of rotatable bonds is 8. The second kappa shape index (κ2) is 9.01. The number of hydrogen-bond acceptors (Lipinski definition) is 3. The molecule has 1 saturated carbocycles. The van der Waals surface area contributed by atoms with Gasteiger partial charge in [0.2, 0.25) is 0 Å². The van der Waals surface area contributed by atoms with Crippen LogP contribution in [0, 0.1) is 23.7 Å². The molecule has 0 saturated heterocycles. The van der Waals surface area contributed by atoms with Crippen molar-refractivity contribution in [3.8, 4) is 0 Å². The van der Waals surface area contributed by atoms with Crippen molar-refractivity contribution in [2.24, 2.45) is 23.7 Å². The van der Waals surface area contributed by atoms with Gasteiger partial charge in [0.25, 0.3) is 0 Å². The van der Waals surface area contributed by atoms with Gasteiger partial charge < -0.3 is 15.2 Å². The summed E-state index contributed by atoms with van der Waals surface area (Å²) in [4.78, 5) is 0. The minimum Gasteiger partial charge on any atom is -0.389 e. The Hall–Kier alpha value is -0.120. The summed E-state index contributed by atoms with van der Waals surface area (Å²) in [6.45, 7) is 13.3. The fourth-order valence-corrected chi connectivity index (χ4v) is 3.14. The molecule has 0 heterocycles. The minimum atomic E-state index is -0.390. The zero-order chi connectivity index (χ0) is 15.1. The topological polar surface area (TPSA) is 41.5 Å². The minimum absolute atomic E-state index is 0.332. The van der Waals surface area contributed by atoms with E-state index in [0.29, 0.717) is 37.0 Å². The molecule has 0 bridgehead atoms. The summed E-state index contributed by atoms with van der Waals surface area (Å²) in [6.07, 6.45) is 3.68. The average Bonchev–Trinajstić information content (AvgIpc) is 2.35. The monoisotopic (exact) mass is 285 g/mol. The second-order valence-corrected chi connectivity index (χ2v) is 7.40. The van der Waals surface area contributed by atoms with Crippen LogP contribution in [-0.4, -0.2) is 37.0 Å². The van der Waals surface area contributed by atoms with E-state index in [0.717, 1.165) is 18.9 Å². The van der Waals surface area contributed by atoms with Gasteiger partial charge in [-0.2, -0.15) is 0 Å². The number of ether oxygens (including phenoxy) is 1. The first-order valence-electron chi connectivity index (χ1n) is 8.40. The smallest absolute Gasteiger partial charge is 0.0897 e. The molecule has 3 nitrogen and oxygen atoms in total. The molecule has 4 unspecified atom stereocenters. The summed E-state index contributed by atoms with van der Waals surface area (Å²) in [5, 5.41) is 13.3. The van der Waals surface area contributed by atoms with E-state index in [1.54, 1.807) is 0 Å². The van der Waals surface area contributed by atoms with E-state index in [1.807, 2.05) is 0 Å². The molecular formula is C17H35NO2. The lowest BCUT2D eigenvalue weighted by Crippen LogP contribution is -2.38. The first-order valence-corrected chi connectivity index (χ1v) is 8.40. The Bertz CT molecular complexity index is 255. The fraction of sp³-hybridized carbons (Fsp3) is 1.00. The Kier molecular flexibility index (Phi) is 8.08. The Labute approximate surface area is 125 Å². The highest BCUT2D eigenvalue weighted by molar-refractivity contribution is 4.81. The molecule has 1 aliphatic carbocycles. The van der Waals surface area contributed by atoms with Crippen molar-refractivity contribution in [3.05, 3.63) is 0 Å². The van der Waals surface area contributed by atoms with Gasteiger partial charge in [-0.15, -0.1) is 0 Å². The van der Waals surface area contributed by atoms with Crippen molar-refractivity contribution in [2.45, 2.75) is 66.1 Å². The van der Waals surface area contributed by atoms with Crippen molar-refractivity contribution in [1.29, 1.82) is 0 Å². The van der Waals surface area contributed by atoms with Crippen LogP contribution >= 0.6 is 0 Å².